The van der Waals surface area contributed by atoms with Crippen LogP contribution in [0.1, 0.15) is 6.42 Å². The molecule has 0 amide bonds. The Hall–Kier alpha value is -1.48. The summed E-state index contributed by atoms with van der Waals surface area (Å²) in [6.07, 6.45) is 1.00. The van der Waals surface area contributed by atoms with E-state index in [4.69, 9.17) is 4.74 Å². The van der Waals surface area contributed by atoms with Gasteiger partial charge in [-0.25, -0.2) is 0 Å². The third-order valence-electron chi connectivity index (χ3n) is 2.18. The zero-order valence-electron chi connectivity index (χ0n) is 9.06. The van der Waals surface area contributed by atoms with Gasteiger partial charge in [0.05, 0.1) is 6.61 Å². The van der Waals surface area contributed by atoms with Crippen molar-refractivity contribution in [3.05, 3.63) is 47.2 Å². The van der Waals surface area contributed by atoms with E-state index in [-0.39, 0.29) is 0 Å². The highest BCUT2D eigenvalue weighted by molar-refractivity contribution is 7.08. The molecule has 0 atom stereocenters. The molecule has 2 aromatic rings. The first kappa shape index (κ1) is 11.0. The number of ether oxygens (including phenoxy) is 1. The fourth-order valence-corrected chi connectivity index (χ4v) is 1.99. The molecule has 3 heteroatoms. The van der Waals surface area contributed by atoms with E-state index in [9.17, 15) is 0 Å². The first-order chi connectivity index (χ1) is 7.95. The number of thiophene rings is 1. The second-order valence-electron chi connectivity index (χ2n) is 3.45. The van der Waals surface area contributed by atoms with Crippen LogP contribution < -0.4 is 10.1 Å². The molecule has 0 aliphatic heterocycles. The molecular formula is C13H15NOS. The van der Waals surface area contributed by atoms with Crippen LogP contribution in [0.4, 0.5) is 5.69 Å². The predicted octanol–water partition coefficient (Wildman–Crippen LogP) is 3.63. The average molecular weight is 233 g/mol. The van der Waals surface area contributed by atoms with Crippen LogP contribution >= 0.6 is 11.3 Å². The lowest BCUT2D eigenvalue weighted by Gasteiger charge is -2.06. The number of rotatable bonds is 6. The van der Waals surface area contributed by atoms with E-state index in [1.54, 1.807) is 11.3 Å². The Kier molecular flexibility index (Phi) is 4.26. The van der Waals surface area contributed by atoms with Gasteiger partial charge in [0.15, 0.2) is 0 Å². The minimum atomic E-state index is 0.751. The molecule has 0 saturated carbocycles. The van der Waals surface area contributed by atoms with Gasteiger partial charge in [0.1, 0.15) is 5.75 Å². The van der Waals surface area contributed by atoms with E-state index < -0.39 is 0 Å². The molecule has 0 aliphatic rings. The molecule has 0 unspecified atom stereocenters. The molecule has 0 fully saturated rings. The second kappa shape index (κ2) is 6.18. The number of anilines is 1. The summed E-state index contributed by atoms with van der Waals surface area (Å²) in [6, 6.07) is 12.0. The van der Waals surface area contributed by atoms with Gasteiger partial charge in [0.2, 0.25) is 0 Å². The van der Waals surface area contributed by atoms with Crippen molar-refractivity contribution < 1.29 is 4.74 Å². The van der Waals surface area contributed by atoms with Gasteiger partial charge in [-0.3, -0.25) is 0 Å². The van der Waals surface area contributed by atoms with E-state index in [1.807, 2.05) is 30.3 Å². The van der Waals surface area contributed by atoms with Crippen molar-refractivity contribution in [2.24, 2.45) is 0 Å². The van der Waals surface area contributed by atoms with Crippen LogP contribution in [0.25, 0.3) is 0 Å². The molecule has 2 nitrogen and oxygen atoms in total. The van der Waals surface area contributed by atoms with Crippen molar-refractivity contribution in [3.8, 4) is 5.75 Å². The molecular weight excluding hydrogens is 218 g/mol. The number of nitrogens with one attached hydrogen (secondary N) is 1. The molecule has 0 radical (unpaired) electrons. The second-order valence-corrected chi connectivity index (χ2v) is 4.23. The summed E-state index contributed by atoms with van der Waals surface area (Å²) < 4.78 is 5.59. The third kappa shape index (κ3) is 3.59. The Morgan fingerprint density at radius 1 is 1.12 bits per heavy atom. The molecule has 84 valence electrons. The Bertz CT molecular complexity index is 386. The largest absolute Gasteiger partial charge is 0.494 e. The van der Waals surface area contributed by atoms with Gasteiger partial charge in [-0.1, -0.05) is 18.2 Å². The van der Waals surface area contributed by atoms with Gasteiger partial charge in [-0.05, 0) is 30.0 Å². The van der Waals surface area contributed by atoms with Crippen molar-refractivity contribution in [3.63, 3.8) is 0 Å². The highest BCUT2D eigenvalue weighted by Gasteiger charge is 1.93. The Morgan fingerprint density at radius 2 is 2.00 bits per heavy atom. The van der Waals surface area contributed by atoms with Crippen LogP contribution in [0.3, 0.4) is 0 Å². The molecule has 0 bridgehead atoms. The monoisotopic (exact) mass is 233 g/mol. The zero-order chi connectivity index (χ0) is 11.1. The first-order valence-electron chi connectivity index (χ1n) is 5.39. The van der Waals surface area contributed by atoms with Crippen LogP contribution in [0.5, 0.6) is 5.75 Å². The fraction of sp³-hybridized carbons (Fsp3) is 0.231. The number of para-hydroxylation sites is 1. The van der Waals surface area contributed by atoms with Crippen LogP contribution in [0, 0.1) is 0 Å². The van der Waals surface area contributed by atoms with E-state index in [1.165, 1.54) is 5.69 Å². The lowest BCUT2D eigenvalue weighted by atomic mass is 10.3. The standard InChI is InChI=1S/C13H15NOS/c1-2-5-13(6-3-1)15-9-4-8-14-12-7-10-16-11-12/h1-3,5-7,10-11,14H,4,8-9H2. The van der Waals surface area contributed by atoms with Crippen LogP contribution in [0.15, 0.2) is 47.2 Å². The molecule has 16 heavy (non-hydrogen) atoms. The molecule has 2 rings (SSSR count). The Morgan fingerprint density at radius 3 is 2.75 bits per heavy atom. The van der Waals surface area contributed by atoms with Crippen molar-refractivity contribution in [2.75, 3.05) is 18.5 Å². The molecule has 1 aromatic carbocycles. The summed E-state index contributed by atoms with van der Waals surface area (Å²) in [4.78, 5) is 0. The van der Waals surface area contributed by atoms with Gasteiger partial charge in [-0.15, -0.1) is 0 Å². The number of benzene rings is 1. The van der Waals surface area contributed by atoms with Crippen molar-refractivity contribution in [1.29, 1.82) is 0 Å². The normalized spacial score (nSPS) is 10.0. The lowest BCUT2D eigenvalue weighted by molar-refractivity contribution is 0.315. The summed E-state index contributed by atoms with van der Waals surface area (Å²) >= 11 is 1.71. The Labute approximate surface area is 99.9 Å². The van der Waals surface area contributed by atoms with Crippen molar-refractivity contribution in [2.45, 2.75) is 6.42 Å². The highest BCUT2D eigenvalue weighted by atomic mass is 32.1. The van der Waals surface area contributed by atoms with Crippen LogP contribution in [0.2, 0.25) is 0 Å². The minimum Gasteiger partial charge on any atom is -0.494 e. The number of hydrogen-bond acceptors (Lipinski definition) is 3. The summed E-state index contributed by atoms with van der Waals surface area (Å²) in [5.74, 6) is 0.943. The van der Waals surface area contributed by atoms with E-state index in [0.717, 1.165) is 25.3 Å². The molecule has 1 N–H and O–H groups in total. The fourth-order valence-electron chi connectivity index (χ4n) is 1.38. The van der Waals surface area contributed by atoms with Gasteiger partial charge >= 0.3 is 0 Å². The molecule has 1 heterocycles. The highest BCUT2D eigenvalue weighted by Crippen LogP contribution is 2.12. The summed E-state index contributed by atoms with van der Waals surface area (Å²) in [5, 5.41) is 7.52. The SMILES string of the molecule is c1ccc(OCCCNc2ccsc2)cc1. The molecule has 1 aromatic heterocycles. The van der Waals surface area contributed by atoms with E-state index in [0.29, 0.717) is 0 Å². The maximum atomic E-state index is 5.59. The number of hydrogen-bond donors (Lipinski definition) is 1. The van der Waals surface area contributed by atoms with E-state index in [2.05, 4.69) is 22.1 Å². The quantitative estimate of drug-likeness (QED) is 0.769. The summed E-state index contributed by atoms with van der Waals surface area (Å²) in [7, 11) is 0. The van der Waals surface area contributed by atoms with Gasteiger partial charge in [0.25, 0.3) is 0 Å². The van der Waals surface area contributed by atoms with Gasteiger partial charge < -0.3 is 10.1 Å². The van der Waals surface area contributed by atoms with Crippen molar-refractivity contribution in [1.82, 2.24) is 0 Å². The minimum absolute atomic E-state index is 0.751. The maximum Gasteiger partial charge on any atom is 0.119 e. The molecule has 0 spiro atoms. The molecule has 0 aliphatic carbocycles. The molecule has 0 saturated heterocycles. The zero-order valence-corrected chi connectivity index (χ0v) is 9.87. The smallest absolute Gasteiger partial charge is 0.119 e. The Balaban J connectivity index is 1.59. The topological polar surface area (TPSA) is 21.3 Å². The van der Waals surface area contributed by atoms with Crippen LogP contribution in [-0.4, -0.2) is 13.2 Å². The summed E-state index contributed by atoms with van der Waals surface area (Å²) in [5.41, 5.74) is 1.20. The van der Waals surface area contributed by atoms with Crippen molar-refractivity contribution >= 4 is 17.0 Å². The van der Waals surface area contributed by atoms with Gasteiger partial charge in [-0.2, -0.15) is 11.3 Å². The summed E-state index contributed by atoms with van der Waals surface area (Å²) in [6.45, 7) is 1.70. The van der Waals surface area contributed by atoms with Gasteiger partial charge in [0, 0.05) is 17.6 Å². The third-order valence-corrected chi connectivity index (χ3v) is 2.87. The predicted molar refractivity (Wildman–Crippen MR) is 69.4 cm³/mol. The average Bonchev–Trinajstić information content (AvgIpc) is 2.83. The van der Waals surface area contributed by atoms with Crippen LogP contribution in [-0.2, 0) is 0 Å². The maximum absolute atomic E-state index is 5.59. The first-order valence-corrected chi connectivity index (χ1v) is 6.33. The lowest BCUT2D eigenvalue weighted by Crippen LogP contribution is -2.06. The van der Waals surface area contributed by atoms with E-state index >= 15 is 0 Å².